The van der Waals surface area contributed by atoms with Gasteiger partial charge in [0.25, 0.3) is 0 Å². The average Bonchev–Trinajstić information content (AvgIpc) is 2.99. The van der Waals surface area contributed by atoms with Crippen molar-refractivity contribution in [2.75, 3.05) is 59.5 Å². The lowest BCUT2D eigenvalue weighted by Gasteiger charge is -1.89. The van der Waals surface area contributed by atoms with Crippen molar-refractivity contribution in [2.24, 2.45) is 0 Å². The molecule has 0 aliphatic heterocycles. The highest BCUT2D eigenvalue weighted by atomic mass is 16.6. The molecule has 19 heteroatoms. The van der Waals surface area contributed by atoms with Gasteiger partial charge < -0.3 is 48.1 Å². The fraction of sp³-hybridized carbons (Fsp3) is 0.750. The molecule has 0 aromatic rings. The summed E-state index contributed by atoms with van der Waals surface area (Å²) in [6.45, 7) is 32.9. The Balaban J connectivity index is -0.0000000517. The smallest absolute Gasteiger partial charge is 0.302 e. The lowest BCUT2D eigenvalue weighted by atomic mass is 10.8. The van der Waals surface area contributed by atoms with Gasteiger partial charge in [0.15, 0.2) is 0 Å². The fourth-order valence-electron chi connectivity index (χ4n) is 1.83. The Morgan fingerprint density at radius 3 is 0.273 bits per heavy atom. The van der Waals surface area contributed by atoms with Crippen molar-refractivity contribution >= 4 is 53.7 Å². The molecule has 0 aliphatic carbocycles. The van der Waals surface area contributed by atoms with Gasteiger partial charge >= 0.3 is 53.7 Å². The maximum absolute atomic E-state index is 9.82. The molecule has 0 fully saturated rings. The number of hydrogen-bond acceptors (Lipinski definition) is 18. The second kappa shape index (κ2) is 70.7. The van der Waals surface area contributed by atoms with Crippen LogP contribution in [0.25, 0.3) is 0 Å². The Bertz CT molecular complexity index is 675. The summed E-state index contributed by atoms with van der Waals surface area (Å²) in [5, 5.41) is 0. The topological polar surface area (TPSA) is 268 Å². The van der Waals surface area contributed by atoms with E-state index in [-0.39, 0.29) is 59.2 Å². The van der Waals surface area contributed by atoms with Crippen LogP contribution in [0, 0.1) is 0 Å². The zero-order chi connectivity index (χ0) is 44.9. The number of esters is 9. The van der Waals surface area contributed by atoms with E-state index in [0.29, 0.717) is 59.5 Å². The number of ether oxygens (including phenoxy) is 9. The molecule has 0 aromatic carbocycles. The predicted octanol–water partition coefficient (Wildman–Crippen LogP) is 4.30. The molecule has 0 heterocycles. The third-order valence-corrected chi connectivity index (χ3v) is 3.13. The van der Waals surface area contributed by atoms with Crippen LogP contribution < -0.4 is 0 Å². The molecule has 0 spiro atoms. The number of carbonyl (C=O) groups excluding carboxylic acids is 9. The second-order valence-corrected chi connectivity index (χ2v) is 8.32. The summed E-state index contributed by atoms with van der Waals surface area (Å²) in [5.74, 6) is -1.90. The van der Waals surface area contributed by atoms with Crippen LogP contribution in [0.5, 0.6) is 0 Å². The fourth-order valence-corrected chi connectivity index (χ4v) is 1.83. The summed E-state index contributed by atoms with van der Waals surface area (Å²) in [6, 6.07) is 0. The summed E-state index contributed by atoms with van der Waals surface area (Å²) in [6.07, 6.45) is 0. The Morgan fingerprint density at radius 2 is 0.273 bits per heavy atom. The molecule has 0 unspecified atom stereocenters. The molecule has 0 aliphatic rings. The van der Waals surface area contributed by atoms with Crippen molar-refractivity contribution < 1.29 is 91.3 Å². The predicted molar refractivity (Wildman–Crippen MR) is 204 cm³/mol. The number of hydrogen-bond donors (Lipinski definition) is 0. The third kappa shape index (κ3) is 222. The molecule has 19 nitrogen and oxygen atoms in total. The largest absolute Gasteiger partial charge is 0.466 e. The van der Waals surface area contributed by atoms with Gasteiger partial charge in [-0.05, 0) is 62.3 Å². The third-order valence-electron chi connectivity index (χ3n) is 3.13. The second-order valence-electron chi connectivity index (χ2n) is 8.32. The maximum Gasteiger partial charge on any atom is 0.302 e. The first kappa shape index (κ1) is 75.2. The van der Waals surface area contributed by atoms with Crippen molar-refractivity contribution in [3.05, 3.63) is 0 Å². The van der Waals surface area contributed by atoms with Crippen molar-refractivity contribution in [1.29, 1.82) is 0 Å². The summed E-state index contributed by atoms with van der Waals surface area (Å²) in [5.41, 5.74) is 0. The van der Waals surface area contributed by atoms with Gasteiger partial charge in [-0.25, -0.2) is 0 Å². The summed E-state index contributed by atoms with van der Waals surface area (Å²) in [7, 11) is 0. The molecule has 0 atom stereocenters. The molecule has 0 rings (SSSR count). The highest BCUT2D eigenvalue weighted by Gasteiger charge is 1.85. The van der Waals surface area contributed by atoms with Crippen LogP contribution in [-0.2, 0) is 85.8 Å². The van der Waals surface area contributed by atoms with Gasteiger partial charge in [0.1, 0.15) is 0 Å². The van der Waals surface area contributed by atoms with Gasteiger partial charge in [0.05, 0.1) is 59.5 Å². The van der Waals surface area contributed by atoms with Crippen LogP contribution in [0.4, 0.5) is 0 Å². The highest BCUT2D eigenvalue weighted by Crippen LogP contribution is 1.74. The summed E-state index contributed by atoms with van der Waals surface area (Å²) in [4.78, 5) is 88.4. The van der Waals surface area contributed by atoms with E-state index >= 15 is 0 Å². The molecule has 55 heavy (non-hydrogen) atoms. The standard InChI is InChI=1S/9C4H8O2.H2O/c9*1-3-6-4(2)5;/h9*3H2,1-2H3;1H2. The zero-order valence-electron chi connectivity index (χ0n) is 36.7. The molecule has 0 amide bonds. The Morgan fingerprint density at radius 1 is 0.218 bits per heavy atom. The van der Waals surface area contributed by atoms with E-state index in [0.717, 1.165) is 0 Å². The molecule has 332 valence electrons. The lowest BCUT2D eigenvalue weighted by molar-refractivity contribution is -0.141. The van der Waals surface area contributed by atoms with E-state index in [1.807, 2.05) is 0 Å². The minimum absolute atomic E-state index is 0. The first-order chi connectivity index (χ1) is 24.9. The average molecular weight is 811 g/mol. The zero-order valence-corrected chi connectivity index (χ0v) is 36.7. The van der Waals surface area contributed by atoms with Gasteiger partial charge in [-0.2, -0.15) is 0 Å². The molecule has 0 saturated carbocycles. The van der Waals surface area contributed by atoms with E-state index in [4.69, 9.17) is 0 Å². The van der Waals surface area contributed by atoms with E-state index < -0.39 is 0 Å². The van der Waals surface area contributed by atoms with Crippen LogP contribution in [0.15, 0.2) is 0 Å². The van der Waals surface area contributed by atoms with Crippen LogP contribution >= 0.6 is 0 Å². The maximum atomic E-state index is 9.82. The van der Waals surface area contributed by atoms with Gasteiger partial charge in [0, 0.05) is 62.3 Å². The monoisotopic (exact) mass is 810 g/mol. The molecule has 0 bridgehead atoms. The number of carbonyl (C=O) groups is 9. The van der Waals surface area contributed by atoms with Gasteiger partial charge in [-0.15, -0.1) is 0 Å². The first-order valence-corrected chi connectivity index (χ1v) is 17.1. The van der Waals surface area contributed by atoms with Crippen LogP contribution in [0.1, 0.15) is 125 Å². The van der Waals surface area contributed by atoms with E-state index in [1.165, 1.54) is 62.3 Å². The summed E-state index contributed by atoms with van der Waals surface area (Å²) >= 11 is 0. The van der Waals surface area contributed by atoms with Crippen LogP contribution in [0.2, 0.25) is 0 Å². The van der Waals surface area contributed by atoms with Gasteiger partial charge in [-0.1, -0.05) is 0 Å². The minimum atomic E-state index is -0.211. The Labute approximate surface area is 329 Å². The quantitative estimate of drug-likeness (QED) is 0.232. The molecular weight excluding hydrogens is 736 g/mol. The Kier molecular flexibility index (Phi) is 96.7. The van der Waals surface area contributed by atoms with Gasteiger partial charge in [0.2, 0.25) is 0 Å². The molecule has 2 N–H and O–H groups in total. The molecule has 0 radical (unpaired) electrons. The molecule has 0 saturated heterocycles. The van der Waals surface area contributed by atoms with Gasteiger partial charge in [-0.3, -0.25) is 43.2 Å². The molecular formula is C36H74O19. The van der Waals surface area contributed by atoms with Crippen LogP contribution in [-0.4, -0.2) is 119 Å². The lowest BCUT2D eigenvalue weighted by Crippen LogP contribution is -1.95. The SMILES string of the molecule is CCOC(C)=O.CCOC(C)=O.CCOC(C)=O.CCOC(C)=O.CCOC(C)=O.CCOC(C)=O.CCOC(C)=O.CCOC(C)=O.CCOC(C)=O.O. The first-order valence-electron chi connectivity index (χ1n) is 17.1. The van der Waals surface area contributed by atoms with Crippen molar-refractivity contribution in [3.8, 4) is 0 Å². The van der Waals surface area contributed by atoms with Crippen molar-refractivity contribution in [1.82, 2.24) is 0 Å². The molecule has 0 aromatic heterocycles. The number of rotatable bonds is 9. The minimum Gasteiger partial charge on any atom is -0.466 e. The highest BCUT2D eigenvalue weighted by molar-refractivity contribution is 5.68. The Hall–Kier alpha value is -4.81. The summed E-state index contributed by atoms with van der Waals surface area (Å²) < 4.78 is 39.6. The normalized spacial score (nSPS) is 7.53. The van der Waals surface area contributed by atoms with Crippen molar-refractivity contribution in [3.63, 3.8) is 0 Å². The van der Waals surface area contributed by atoms with Crippen LogP contribution in [0.3, 0.4) is 0 Å². The van der Waals surface area contributed by atoms with E-state index in [1.54, 1.807) is 62.3 Å². The van der Waals surface area contributed by atoms with E-state index in [9.17, 15) is 43.2 Å². The van der Waals surface area contributed by atoms with E-state index in [2.05, 4.69) is 42.6 Å². The van der Waals surface area contributed by atoms with Crippen molar-refractivity contribution in [2.45, 2.75) is 125 Å².